The summed E-state index contributed by atoms with van der Waals surface area (Å²) in [5, 5.41) is 4.54. The predicted octanol–water partition coefficient (Wildman–Crippen LogP) is 7.27. The highest BCUT2D eigenvalue weighted by Gasteiger charge is 2.32. The Kier molecular flexibility index (Phi) is 8.94. The number of carbonyl (C=O) groups excluding carboxylic acids is 1. The lowest BCUT2D eigenvalue weighted by Crippen LogP contribution is -2.42. The van der Waals surface area contributed by atoms with E-state index in [2.05, 4.69) is 79.4 Å². The molecular weight excluding hydrogens is 496 g/mol. The molecule has 1 aromatic heterocycles. The Balaban J connectivity index is 1.33. The molecule has 5 rings (SSSR count). The van der Waals surface area contributed by atoms with Crippen molar-refractivity contribution in [2.75, 3.05) is 18.6 Å². The number of ether oxygens (including phenoxy) is 1. The molecule has 1 amide bonds. The molecule has 40 heavy (non-hydrogen) atoms. The number of methoxy groups -OCH3 is 1. The van der Waals surface area contributed by atoms with Crippen LogP contribution in [0.15, 0.2) is 54.9 Å². The van der Waals surface area contributed by atoms with E-state index in [9.17, 15) is 4.79 Å². The van der Waals surface area contributed by atoms with Gasteiger partial charge in [0.25, 0.3) is 0 Å². The minimum absolute atomic E-state index is 0.0609. The molecule has 2 aliphatic carbocycles. The van der Waals surface area contributed by atoms with Crippen molar-refractivity contribution >= 4 is 11.6 Å². The van der Waals surface area contributed by atoms with Gasteiger partial charge in [0.15, 0.2) is 0 Å². The number of rotatable bonds is 8. The van der Waals surface area contributed by atoms with Gasteiger partial charge in [-0.1, -0.05) is 24.3 Å². The van der Waals surface area contributed by atoms with E-state index in [0.29, 0.717) is 17.9 Å². The molecule has 2 saturated carbocycles. The highest BCUT2D eigenvalue weighted by molar-refractivity contribution is 5.95. The molecule has 0 saturated heterocycles. The molecule has 6 heteroatoms. The van der Waals surface area contributed by atoms with Crippen molar-refractivity contribution in [2.45, 2.75) is 90.1 Å². The molecule has 0 spiro atoms. The first-order chi connectivity index (χ1) is 19.3. The smallest absolute Gasteiger partial charge is 0.230 e. The van der Waals surface area contributed by atoms with Crippen LogP contribution in [0, 0.1) is 18.8 Å². The van der Waals surface area contributed by atoms with Crippen molar-refractivity contribution in [1.29, 1.82) is 0 Å². The fourth-order valence-electron chi connectivity index (χ4n) is 6.62. The predicted molar refractivity (Wildman–Crippen MR) is 163 cm³/mol. The van der Waals surface area contributed by atoms with E-state index < -0.39 is 0 Å². The third-order valence-electron chi connectivity index (χ3n) is 9.19. The second-order valence-electron chi connectivity index (χ2n) is 12.4. The molecule has 6 nitrogen and oxygen atoms in total. The molecule has 214 valence electrons. The number of hydrogen-bond acceptors (Lipinski definition) is 4. The minimum atomic E-state index is 0.0609. The molecule has 2 aromatic carbocycles. The minimum Gasteiger partial charge on any atom is -0.496 e. The van der Waals surface area contributed by atoms with Gasteiger partial charge in [-0.15, -0.1) is 0 Å². The maximum absolute atomic E-state index is 14.1. The van der Waals surface area contributed by atoms with E-state index in [4.69, 9.17) is 10.5 Å². The van der Waals surface area contributed by atoms with Crippen LogP contribution >= 0.6 is 0 Å². The van der Waals surface area contributed by atoms with Crippen molar-refractivity contribution in [2.24, 2.45) is 17.6 Å². The second kappa shape index (κ2) is 12.6. The highest BCUT2D eigenvalue weighted by atomic mass is 16.5. The van der Waals surface area contributed by atoms with E-state index in [1.54, 1.807) is 7.11 Å². The molecule has 2 aliphatic rings. The zero-order valence-corrected chi connectivity index (χ0v) is 24.7. The number of benzene rings is 2. The van der Waals surface area contributed by atoms with Crippen LogP contribution in [-0.2, 0) is 4.79 Å². The highest BCUT2D eigenvalue weighted by Crippen LogP contribution is 2.39. The lowest BCUT2D eigenvalue weighted by molar-refractivity contribution is -0.123. The number of aromatic nitrogens is 2. The van der Waals surface area contributed by atoms with Crippen LogP contribution in [0.25, 0.3) is 11.1 Å². The van der Waals surface area contributed by atoms with Crippen molar-refractivity contribution in [3.8, 4) is 16.9 Å². The first kappa shape index (κ1) is 28.4. The van der Waals surface area contributed by atoms with Crippen LogP contribution in [0.1, 0.15) is 88.3 Å². The first-order valence-corrected chi connectivity index (χ1v) is 15.2. The zero-order chi connectivity index (χ0) is 28.2. The topological polar surface area (TPSA) is 73.4 Å². The van der Waals surface area contributed by atoms with Crippen LogP contribution in [-0.4, -0.2) is 35.4 Å². The number of hydrogen-bond donors (Lipinski definition) is 1. The van der Waals surface area contributed by atoms with E-state index >= 15 is 0 Å². The monoisotopic (exact) mass is 542 g/mol. The van der Waals surface area contributed by atoms with Crippen LogP contribution in [0.3, 0.4) is 0 Å². The van der Waals surface area contributed by atoms with Crippen LogP contribution < -0.4 is 15.4 Å². The van der Waals surface area contributed by atoms with Gasteiger partial charge >= 0.3 is 0 Å². The molecule has 0 bridgehead atoms. The summed E-state index contributed by atoms with van der Waals surface area (Å²) in [5.41, 5.74) is 12.0. The van der Waals surface area contributed by atoms with E-state index in [0.717, 1.165) is 80.5 Å². The summed E-state index contributed by atoms with van der Waals surface area (Å²) in [5.74, 6) is 2.36. The van der Waals surface area contributed by atoms with Crippen molar-refractivity contribution in [3.63, 3.8) is 0 Å². The van der Waals surface area contributed by atoms with Gasteiger partial charge in [0, 0.05) is 42.0 Å². The third-order valence-corrected chi connectivity index (χ3v) is 9.19. The third kappa shape index (κ3) is 6.43. The number of nitrogens with zero attached hydrogens (tertiary/aromatic N) is 3. The molecule has 0 radical (unpaired) electrons. The standard InChI is InChI=1S/C34H46N4O2/c1-23(2)38-22-30(20-36-38)28-6-5-7-32(19-28)37(34(39)27-12-15-31(35)16-13-27)21-25-8-10-26(11-9-25)29-14-17-33(40-4)24(3)18-29/h5-7,14,17-20,22-23,25-27,31H,8-13,15-16,21,35H2,1-4H3. The molecule has 0 aliphatic heterocycles. The van der Waals surface area contributed by atoms with Gasteiger partial charge in [0.1, 0.15) is 5.75 Å². The van der Waals surface area contributed by atoms with E-state index in [1.807, 2.05) is 10.9 Å². The molecule has 0 unspecified atom stereocenters. The molecular formula is C34H46N4O2. The van der Waals surface area contributed by atoms with Gasteiger partial charge in [-0.2, -0.15) is 5.10 Å². The molecule has 0 atom stereocenters. The maximum Gasteiger partial charge on any atom is 0.230 e. The van der Waals surface area contributed by atoms with Gasteiger partial charge in [-0.25, -0.2) is 0 Å². The average molecular weight is 543 g/mol. The van der Waals surface area contributed by atoms with Crippen molar-refractivity contribution in [1.82, 2.24) is 9.78 Å². The Hall–Kier alpha value is -3.12. The Morgan fingerprint density at radius 2 is 1.77 bits per heavy atom. The van der Waals surface area contributed by atoms with Crippen LogP contribution in [0.2, 0.25) is 0 Å². The summed E-state index contributed by atoms with van der Waals surface area (Å²) in [4.78, 5) is 16.2. The van der Waals surface area contributed by atoms with Gasteiger partial charge in [-0.05, 0) is 119 Å². The summed E-state index contributed by atoms with van der Waals surface area (Å²) in [6.45, 7) is 7.17. The van der Waals surface area contributed by atoms with Gasteiger partial charge in [0.2, 0.25) is 5.91 Å². The molecule has 3 aromatic rings. The number of amides is 1. The Bertz CT molecular complexity index is 1280. The summed E-state index contributed by atoms with van der Waals surface area (Å²) >= 11 is 0. The summed E-state index contributed by atoms with van der Waals surface area (Å²) < 4.78 is 7.45. The average Bonchev–Trinajstić information content (AvgIpc) is 3.47. The zero-order valence-electron chi connectivity index (χ0n) is 24.7. The van der Waals surface area contributed by atoms with E-state index in [-0.39, 0.29) is 17.9 Å². The SMILES string of the molecule is COc1ccc(C2CCC(CN(C(=O)C3CCC(N)CC3)c3cccc(-c4cnn(C(C)C)c4)c3)CC2)cc1C. The fourth-order valence-corrected chi connectivity index (χ4v) is 6.62. The lowest BCUT2D eigenvalue weighted by atomic mass is 9.78. The number of aryl methyl sites for hydroxylation is 1. The number of nitrogens with two attached hydrogens (primary N) is 1. The summed E-state index contributed by atoms with van der Waals surface area (Å²) in [6.07, 6.45) is 12.3. The first-order valence-electron chi connectivity index (χ1n) is 15.2. The van der Waals surface area contributed by atoms with Gasteiger partial charge < -0.3 is 15.4 Å². The molecule has 2 fully saturated rings. The van der Waals surface area contributed by atoms with Gasteiger partial charge in [-0.3, -0.25) is 9.48 Å². The Morgan fingerprint density at radius 1 is 1.02 bits per heavy atom. The molecule has 1 heterocycles. The fraction of sp³-hybridized carbons (Fsp3) is 0.529. The largest absolute Gasteiger partial charge is 0.496 e. The molecule has 2 N–H and O–H groups in total. The Labute approximate surface area is 239 Å². The normalized spacial score (nSPS) is 23.2. The summed E-state index contributed by atoms with van der Waals surface area (Å²) in [7, 11) is 1.73. The van der Waals surface area contributed by atoms with Crippen LogP contribution in [0.4, 0.5) is 5.69 Å². The van der Waals surface area contributed by atoms with Crippen molar-refractivity contribution in [3.05, 3.63) is 66.0 Å². The van der Waals surface area contributed by atoms with Crippen molar-refractivity contribution < 1.29 is 9.53 Å². The maximum atomic E-state index is 14.1. The van der Waals surface area contributed by atoms with Crippen LogP contribution in [0.5, 0.6) is 5.75 Å². The second-order valence-corrected chi connectivity index (χ2v) is 12.4. The lowest BCUT2D eigenvalue weighted by Gasteiger charge is -2.36. The Morgan fingerprint density at radius 3 is 2.42 bits per heavy atom. The number of anilines is 1. The quantitative estimate of drug-likeness (QED) is 0.325. The number of carbonyl (C=O) groups is 1. The van der Waals surface area contributed by atoms with Gasteiger partial charge in [0.05, 0.1) is 13.3 Å². The summed E-state index contributed by atoms with van der Waals surface area (Å²) in [6, 6.07) is 15.7. The van der Waals surface area contributed by atoms with E-state index in [1.165, 1.54) is 11.1 Å².